The Hall–Kier alpha value is -2.67. The maximum absolute atomic E-state index is 12.8. The van der Waals surface area contributed by atoms with Crippen molar-refractivity contribution in [2.24, 2.45) is 13.0 Å². The third-order valence-electron chi connectivity index (χ3n) is 4.84. The first-order valence-electron chi connectivity index (χ1n) is 9.81. The Morgan fingerprint density at radius 1 is 1.28 bits per heavy atom. The van der Waals surface area contributed by atoms with Crippen LogP contribution in [-0.2, 0) is 11.8 Å². The van der Waals surface area contributed by atoms with Gasteiger partial charge in [-0.1, -0.05) is 19.1 Å². The van der Waals surface area contributed by atoms with Gasteiger partial charge in [-0.2, -0.15) is 5.10 Å². The maximum atomic E-state index is 12.8. The number of nitrogens with zero attached hydrogens (tertiary/aromatic N) is 4. The number of rotatable bonds is 2. The normalized spacial score (nSPS) is 17.5. The van der Waals surface area contributed by atoms with Crippen LogP contribution in [0.3, 0.4) is 0 Å². The van der Waals surface area contributed by atoms with Crippen molar-refractivity contribution in [1.29, 1.82) is 0 Å². The van der Waals surface area contributed by atoms with Crippen molar-refractivity contribution in [2.45, 2.75) is 39.7 Å². The summed E-state index contributed by atoms with van der Waals surface area (Å²) in [6.07, 6.45) is 4.54. The van der Waals surface area contributed by atoms with E-state index in [0.717, 1.165) is 38.6 Å². The van der Waals surface area contributed by atoms with Gasteiger partial charge in [0.2, 0.25) is 0 Å². The smallest absolute Gasteiger partial charge is 0.414 e. The molecule has 0 aliphatic carbocycles. The van der Waals surface area contributed by atoms with Crippen LogP contribution in [0, 0.1) is 5.92 Å². The van der Waals surface area contributed by atoms with E-state index in [2.05, 4.69) is 36.3 Å². The van der Waals surface area contributed by atoms with Crippen LogP contribution < -0.4 is 0 Å². The molecule has 1 atom stereocenters. The number of thiazole rings is 1. The number of carbonyl (C=O) groups excluding carboxylic acids is 1. The minimum Gasteiger partial charge on any atom is -0.443 e. The average Bonchev–Trinajstić information content (AvgIpc) is 3.25. The number of carbonyl (C=O) groups is 1. The zero-order valence-electron chi connectivity index (χ0n) is 17.5. The standard InChI is InChI=1S/C22H26N4O2S/c1-14-6-8-17(26(13-14)21(27)28-22(2,3)4)15-7-9-19-16(12-15)24-20(29-19)18-10-11-23-25(18)5/h7-12,14H,6,13H2,1-5H3/t14-/m0/s1. The Kier molecular flexibility index (Phi) is 4.94. The molecule has 1 aliphatic heterocycles. The van der Waals surface area contributed by atoms with Crippen LogP contribution in [0.15, 0.2) is 36.5 Å². The molecule has 7 heteroatoms. The largest absolute Gasteiger partial charge is 0.443 e. The molecule has 0 fully saturated rings. The fraction of sp³-hybridized carbons (Fsp3) is 0.409. The van der Waals surface area contributed by atoms with E-state index in [0.29, 0.717) is 12.5 Å². The molecular formula is C22H26N4O2S. The van der Waals surface area contributed by atoms with E-state index in [-0.39, 0.29) is 6.09 Å². The summed E-state index contributed by atoms with van der Waals surface area (Å²) in [6.45, 7) is 8.47. The Bertz CT molecular complexity index is 1090. The summed E-state index contributed by atoms with van der Waals surface area (Å²) in [6, 6.07) is 8.17. The molecule has 1 aliphatic rings. The first-order chi connectivity index (χ1) is 13.7. The lowest BCUT2D eigenvalue weighted by Gasteiger charge is -2.33. The van der Waals surface area contributed by atoms with Gasteiger partial charge >= 0.3 is 6.09 Å². The van der Waals surface area contributed by atoms with Gasteiger partial charge in [0.05, 0.1) is 21.6 Å². The van der Waals surface area contributed by atoms with Crippen molar-refractivity contribution in [3.05, 3.63) is 42.1 Å². The van der Waals surface area contributed by atoms with Crippen molar-refractivity contribution in [3.63, 3.8) is 0 Å². The van der Waals surface area contributed by atoms with Gasteiger partial charge in [-0.15, -0.1) is 11.3 Å². The summed E-state index contributed by atoms with van der Waals surface area (Å²) in [4.78, 5) is 19.4. The van der Waals surface area contributed by atoms with Crippen LogP contribution in [0.4, 0.5) is 4.79 Å². The van der Waals surface area contributed by atoms with Gasteiger partial charge in [0, 0.05) is 25.4 Å². The van der Waals surface area contributed by atoms with Crippen LogP contribution in [0.1, 0.15) is 39.7 Å². The number of amides is 1. The van der Waals surface area contributed by atoms with Crippen LogP contribution in [-0.4, -0.2) is 37.9 Å². The molecule has 0 unspecified atom stereocenters. The summed E-state index contributed by atoms with van der Waals surface area (Å²) in [5, 5.41) is 5.17. The number of hydrogen-bond acceptors (Lipinski definition) is 5. The number of aromatic nitrogens is 3. The number of benzene rings is 1. The quantitative estimate of drug-likeness (QED) is 0.574. The summed E-state index contributed by atoms with van der Waals surface area (Å²) >= 11 is 1.64. The van der Waals surface area contributed by atoms with Crippen molar-refractivity contribution in [1.82, 2.24) is 19.7 Å². The van der Waals surface area contributed by atoms with Crippen molar-refractivity contribution < 1.29 is 9.53 Å². The molecule has 1 amide bonds. The van der Waals surface area contributed by atoms with Crippen LogP contribution in [0.2, 0.25) is 0 Å². The first kappa shape index (κ1) is 19.6. The zero-order valence-corrected chi connectivity index (χ0v) is 18.3. The van der Waals surface area contributed by atoms with Gasteiger partial charge in [-0.25, -0.2) is 9.78 Å². The van der Waals surface area contributed by atoms with Crippen LogP contribution >= 0.6 is 11.3 Å². The Morgan fingerprint density at radius 3 is 2.76 bits per heavy atom. The molecule has 4 rings (SSSR count). The Balaban J connectivity index is 1.70. The predicted octanol–water partition coefficient (Wildman–Crippen LogP) is 5.31. The molecule has 0 bridgehead atoms. The zero-order chi connectivity index (χ0) is 20.8. The predicted molar refractivity (Wildman–Crippen MR) is 117 cm³/mol. The lowest BCUT2D eigenvalue weighted by atomic mass is 9.98. The van der Waals surface area contributed by atoms with E-state index >= 15 is 0 Å². The second kappa shape index (κ2) is 7.30. The minimum atomic E-state index is -0.528. The highest BCUT2D eigenvalue weighted by molar-refractivity contribution is 7.21. The molecule has 0 spiro atoms. The highest BCUT2D eigenvalue weighted by Gasteiger charge is 2.29. The third-order valence-corrected chi connectivity index (χ3v) is 5.89. The lowest BCUT2D eigenvalue weighted by molar-refractivity contribution is 0.0327. The second-order valence-corrected chi connectivity index (χ2v) is 9.59. The molecule has 29 heavy (non-hydrogen) atoms. The summed E-state index contributed by atoms with van der Waals surface area (Å²) in [7, 11) is 1.92. The number of aryl methyl sites for hydroxylation is 1. The highest BCUT2D eigenvalue weighted by atomic mass is 32.1. The summed E-state index contributed by atoms with van der Waals surface area (Å²) in [5.41, 5.74) is 3.27. The van der Waals surface area contributed by atoms with E-state index in [1.807, 2.05) is 38.6 Å². The van der Waals surface area contributed by atoms with E-state index in [1.54, 1.807) is 22.4 Å². The lowest BCUT2D eigenvalue weighted by Crippen LogP contribution is -2.39. The fourth-order valence-corrected chi connectivity index (χ4v) is 4.45. The molecule has 2 aromatic heterocycles. The maximum Gasteiger partial charge on any atom is 0.414 e. The van der Waals surface area contributed by atoms with Gasteiger partial charge in [0.15, 0.2) is 0 Å². The summed E-state index contributed by atoms with van der Waals surface area (Å²) < 4.78 is 8.59. The molecule has 0 saturated heterocycles. The molecule has 0 N–H and O–H groups in total. The molecule has 152 valence electrons. The highest BCUT2D eigenvalue weighted by Crippen LogP contribution is 2.34. The van der Waals surface area contributed by atoms with Gasteiger partial charge in [0.25, 0.3) is 0 Å². The molecule has 0 radical (unpaired) electrons. The summed E-state index contributed by atoms with van der Waals surface area (Å²) in [5.74, 6) is 0.394. The van der Waals surface area contributed by atoms with Crippen molar-refractivity contribution in [2.75, 3.05) is 6.54 Å². The monoisotopic (exact) mass is 410 g/mol. The van der Waals surface area contributed by atoms with Crippen LogP contribution in [0.5, 0.6) is 0 Å². The number of fused-ring (bicyclic) bond motifs is 1. The van der Waals surface area contributed by atoms with Gasteiger partial charge in [0.1, 0.15) is 10.6 Å². The number of ether oxygens (including phenoxy) is 1. The van der Waals surface area contributed by atoms with Gasteiger partial charge in [-0.05, 0) is 51.3 Å². The van der Waals surface area contributed by atoms with Gasteiger partial charge < -0.3 is 4.74 Å². The van der Waals surface area contributed by atoms with E-state index in [1.165, 1.54) is 0 Å². The van der Waals surface area contributed by atoms with E-state index in [9.17, 15) is 4.79 Å². The third kappa shape index (κ3) is 4.05. The topological polar surface area (TPSA) is 60.2 Å². The second-order valence-electron chi connectivity index (χ2n) is 8.56. The van der Waals surface area contributed by atoms with Crippen molar-refractivity contribution in [3.8, 4) is 10.7 Å². The Labute approximate surface area is 174 Å². The molecular weight excluding hydrogens is 384 g/mol. The van der Waals surface area contributed by atoms with E-state index in [4.69, 9.17) is 9.72 Å². The first-order valence-corrected chi connectivity index (χ1v) is 10.6. The Morgan fingerprint density at radius 2 is 2.07 bits per heavy atom. The van der Waals surface area contributed by atoms with Crippen LogP contribution in [0.25, 0.3) is 26.6 Å². The molecule has 0 saturated carbocycles. The molecule has 6 nitrogen and oxygen atoms in total. The van der Waals surface area contributed by atoms with Crippen molar-refractivity contribution >= 4 is 33.3 Å². The number of allylic oxidation sites excluding steroid dienone is 1. The number of hydrogen-bond donors (Lipinski definition) is 0. The molecule has 3 heterocycles. The SMILES string of the molecule is C[C@H]1CC=C(c2ccc3sc(-c4ccnn4C)nc3c2)N(C(=O)OC(C)(C)C)C1. The molecule has 3 aromatic rings. The minimum absolute atomic E-state index is 0.302. The van der Waals surface area contributed by atoms with E-state index < -0.39 is 5.60 Å². The fourth-order valence-electron chi connectivity index (χ4n) is 3.45. The average molecular weight is 411 g/mol. The van der Waals surface area contributed by atoms with Gasteiger partial charge in [-0.3, -0.25) is 9.58 Å². The molecule has 1 aromatic carbocycles.